The normalized spacial score (nSPS) is 21.5. The van der Waals surface area contributed by atoms with E-state index in [1.807, 2.05) is 12.1 Å². The molecule has 0 unspecified atom stereocenters. The Hall–Kier alpha value is -2.08. The predicted molar refractivity (Wildman–Crippen MR) is 98.3 cm³/mol. The summed E-state index contributed by atoms with van der Waals surface area (Å²) in [5, 5.41) is 10.6. The van der Waals surface area contributed by atoms with Crippen LogP contribution in [0.25, 0.3) is 0 Å². The molecular formula is C19H17Cl2NO4. The van der Waals surface area contributed by atoms with E-state index in [4.69, 9.17) is 27.9 Å². The molecule has 2 aromatic rings. The fourth-order valence-corrected chi connectivity index (χ4v) is 3.38. The first-order valence-corrected chi connectivity index (χ1v) is 8.80. The first kappa shape index (κ1) is 18.7. The van der Waals surface area contributed by atoms with Crippen LogP contribution >= 0.6 is 23.2 Å². The number of halogens is 2. The molecule has 5 nitrogen and oxygen atoms in total. The van der Waals surface area contributed by atoms with Crippen LogP contribution in [0.1, 0.15) is 30.2 Å². The lowest BCUT2D eigenvalue weighted by Crippen LogP contribution is -2.52. The molecule has 7 heteroatoms. The maximum absolute atomic E-state index is 12.5. The summed E-state index contributed by atoms with van der Waals surface area (Å²) >= 11 is 11.9. The summed E-state index contributed by atoms with van der Waals surface area (Å²) in [5.74, 6) is -1.45. The van der Waals surface area contributed by atoms with Gasteiger partial charge in [-0.15, -0.1) is 0 Å². The molecule has 0 saturated carbocycles. The molecule has 3 atom stereocenters. The Kier molecular flexibility index (Phi) is 5.51. The summed E-state index contributed by atoms with van der Waals surface area (Å²) in [6, 6.07) is 12.5. The van der Waals surface area contributed by atoms with Gasteiger partial charge in [-0.3, -0.25) is 4.79 Å². The molecule has 0 aromatic heterocycles. The number of nitrogens with zero attached hydrogens (tertiary/aromatic N) is 1. The lowest BCUT2D eigenvalue weighted by atomic mass is 9.91. The maximum Gasteiger partial charge on any atom is 0.326 e. The van der Waals surface area contributed by atoms with Crippen molar-refractivity contribution in [1.29, 1.82) is 0 Å². The topological polar surface area (TPSA) is 66.8 Å². The van der Waals surface area contributed by atoms with Gasteiger partial charge in [-0.2, -0.15) is 0 Å². The Bertz CT molecular complexity index is 807. The van der Waals surface area contributed by atoms with E-state index in [0.717, 1.165) is 11.1 Å². The van der Waals surface area contributed by atoms with Gasteiger partial charge in [0.15, 0.2) is 0 Å². The quantitative estimate of drug-likeness (QED) is 0.848. The monoisotopic (exact) mass is 393 g/mol. The Labute approximate surface area is 161 Å². The Morgan fingerprint density at radius 2 is 1.58 bits per heavy atom. The van der Waals surface area contributed by atoms with Crippen LogP contribution in [0.15, 0.2) is 48.5 Å². The van der Waals surface area contributed by atoms with Crippen molar-refractivity contribution in [1.82, 2.24) is 4.90 Å². The number of carboxylic acids is 1. The Morgan fingerprint density at radius 3 is 2.08 bits per heavy atom. The number of ether oxygens (including phenoxy) is 1. The lowest BCUT2D eigenvalue weighted by molar-refractivity contribution is -0.170. The van der Waals surface area contributed by atoms with Crippen molar-refractivity contribution >= 4 is 35.1 Å². The van der Waals surface area contributed by atoms with Gasteiger partial charge in [0.25, 0.3) is 0 Å². The summed E-state index contributed by atoms with van der Waals surface area (Å²) < 4.78 is 5.81. The van der Waals surface area contributed by atoms with Crippen LogP contribution in [0.3, 0.4) is 0 Å². The number of hydrogen-bond acceptors (Lipinski definition) is 3. The number of rotatable bonds is 4. The maximum atomic E-state index is 12.5. The van der Waals surface area contributed by atoms with Crippen molar-refractivity contribution in [2.24, 2.45) is 0 Å². The van der Waals surface area contributed by atoms with Crippen molar-refractivity contribution in [3.05, 3.63) is 69.7 Å². The average Bonchev–Trinajstić information content (AvgIpc) is 2.62. The van der Waals surface area contributed by atoms with Crippen LogP contribution in [-0.4, -0.2) is 34.5 Å². The van der Waals surface area contributed by atoms with E-state index >= 15 is 0 Å². The number of aliphatic carboxylic acids is 1. The first-order chi connectivity index (χ1) is 12.4. The minimum Gasteiger partial charge on any atom is -0.480 e. The molecule has 136 valence electrons. The molecule has 1 aliphatic rings. The Morgan fingerprint density at radius 1 is 1.08 bits per heavy atom. The van der Waals surface area contributed by atoms with E-state index in [9.17, 15) is 14.7 Å². The standard InChI is InChI=1S/C19H17Cl2NO4/c1-11(19(24)25)22-16(23)10-26-18(13-4-8-15(21)9-5-13)17(22)12-2-6-14(20)7-3-12/h2-9,11,17-18H,10H2,1H3,(H,24,25)/t11-,17+,18-/m0/s1. The van der Waals surface area contributed by atoms with Gasteiger partial charge >= 0.3 is 5.97 Å². The summed E-state index contributed by atoms with van der Waals surface area (Å²) in [5.41, 5.74) is 1.56. The van der Waals surface area contributed by atoms with Gasteiger partial charge in [-0.05, 0) is 42.3 Å². The van der Waals surface area contributed by atoms with Crippen molar-refractivity contribution in [2.75, 3.05) is 6.61 Å². The Balaban J connectivity index is 2.09. The van der Waals surface area contributed by atoms with Gasteiger partial charge in [0.2, 0.25) is 5.91 Å². The number of amides is 1. The van der Waals surface area contributed by atoms with Crippen LogP contribution in [0.2, 0.25) is 10.0 Å². The second-order valence-corrected chi connectivity index (χ2v) is 6.97. The molecule has 0 spiro atoms. The third kappa shape index (κ3) is 3.70. The molecule has 1 heterocycles. The van der Waals surface area contributed by atoms with Gasteiger partial charge in [0.05, 0.1) is 6.04 Å². The molecule has 0 radical (unpaired) electrons. The predicted octanol–water partition coefficient (Wildman–Crippen LogP) is 4.11. The van der Waals surface area contributed by atoms with E-state index in [-0.39, 0.29) is 12.5 Å². The number of benzene rings is 2. The number of carboxylic acid groups (broad SMARTS) is 1. The third-order valence-corrected chi connectivity index (χ3v) is 4.95. The number of carbonyl (C=O) groups excluding carboxylic acids is 1. The molecule has 26 heavy (non-hydrogen) atoms. The summed E-state index contributed by atoms with van der Waals surface area (Å²) in [6.07, 6.45) is -0.520. The van der Waals surface area contributed by atoms with Crippen molar-refractivity contribution < 1.29 is 19.4 Å². The van der Waals surface area contributed by atoms with Gasteiger partial charge in [-0.25, -0.2) is 4.79 Å². The number of morpholine rings is 1. The van der Waals surface area contributed by atoms with Crippen molar-refractivity contribution in [3.63, 3.8) is 0 Å². The molecule has 1 saturated heterocycles. The first-order valence-electron chi connectivity index (χ1n) is 8.05. The molecule has 3 rings (SSSR count). The molecule has 1 fully saturated rings. The highest BCUT2D eigenvalue weighted by molar-refractivity contribution is 6.30. The molecule has 0 bridgehead atoms. The second kappa shape index (κ2) is 7.66. The largest absolute Gasteiger partial charge is 0.480 e. The van der Waals surface area contributed by atoms with Crippen LogP contribution in [0.4, 0.5) is 0 Å². The zero-order chi connectivity index (χ0) is 18.8. The second-order valence-electron chi connectivity index (χ2n) is 6.09. The SMILES string of the molecule is C[C@@H](C(=O)O)N1C(=O)CO[C@@H](c2ccc(Cl)cc2)[C@H]1c1ccc(Cl)cc1. The van der Waals surface area contributed by atoms with E-state index in [0.29, 0.717) is 10.0 Å². The van der Waals surface area contributed by atoms with Gasteiger partial charge in [0.1, 0.15) is 18.8 Å². The van der Waals surface area contributed by atoms with Gasteiger partial charge < -0.3 is 14.7 Å². The molecular weight excluding hydrogens is 377 g/mol. The van der Waals surface area contributed by atoms with E-state index in [1.165, 1.54) is 11.8 Å². The third-order valence-electron chi connectivity index (χ3n) is 4.45. The minimum atomic E-state index is -1.07. The van der Waals surface area contributed by atoms with Gasteiger partial charge in [0, 0.05) is 10.0 Å². The highest BCUT2D eigenvalue weighted by atomic mass is 35.5. The summed E-state index contributed by atoms with van der Waals surface area (Å²) in [6.45, 7) is 1.31. The van der Waals surface area contributed by atoms with Crippen LogP contribution in [0, 0.1) is 0 Å². The van der Waals surface area contributed by atoms with Crippen LogP contribution in [-0.2, 0) is 14.3 Å². The zero-order valence-corrected chi connectivity index (χ0v) is 15.4. The number of hydrogen-bond donors (Lipinski definition) is 1. The minimum absolute atomic E-state index is 0.186. The smallest absolute Gasteiger partial charge is 0.326 e. The zero-order valence-electron chi connectivity index (χ0n) is 13.9. The average molecular weight is 394 g/mol. The lowest BCUT2D eigenvalue weighted by Gasteiger charge is -2.43. The molecule has 0 aliphatic carbocycles. The summed E-state index contributed by atoms with van der Waals surface area (Å²) in [7, 11) is 0. The fraction of sp³-hybridized carbons (Fsp3) is 0.263. The van der Waals surface area contributed by atoms with Crippen LogP contribution < -0.4 is 0 Å². The van der Waals surface area contributed by atoms with E-state index in [1.54, 1.807) is 36.4 Å². The molecule has 1 aliphatic heterocycles. The fourth-order valence-electron chi connectivity index (χ4n) is 3.13. The molecule has 1 N–H and O–H groups in total. The van der Waals surface area contributed by atoms with Crippen molar-refractivity contribution in [3.8, 4) is 0 Å². The highest BCUT2D eigenvalue weighted by Crippen LogP contribution is 2.41. The van der Waals surface area contributed by atoms with Crippen molar-refractivity contribution in [2.45, 2.75) is 25.1 Å². The van der Waals surface area contributed by atoms with E-state index < -0.39 is 24.2 Å². The number of carbonyl (C=O) groups is 2. The molecule has 1 amide bonds. The summed E-state index contributed by atoms with van der Waals surface area (Å²) in [4.78, 5) is 25.5. The highest BCUT2D eigenvalue weighted by Gasteiger charge is 2.42. The van der Waals surface area contributed by atoms with Gasteiger partial charge in [-0.1, -0.05) is 47.5 Å². The van der Waals surface area contributed by atoms with Crippen LogP contribution in [0.5, 0.6) is 0 Å². The molecule has 2 aromatic carbocycles. The van der Waals surface area contributed by atoms with E-state index in [2.05, 4.69) is 0 Å².